The molecule has 0 aromatic carbocycles. The number of carbonyl (C=O) groups is 2. The number of rotatable bonds is 3. The molecule has 6 heteroatoms. The summed E-state index contributed by atoms with van der Waals surface area (Å²) in [6.07, 6.45) is 3.77. The van der Waals surface area contributed by atoms with Crippen LogP contribution in [0.3, 0.4) is 0 Å². The highest BCUT2D eigenvalue weighted by Crippen LogP contribution is 2.32. The Kier molecular flexibility index (Phi) is 3.75. The fourth-order valence-corrected chi connectivity index (χ4v) is 2.55. The average Bonchev–Trinajstić information content (AvgIpc) is 2.75. The fourth-order valence-electron chi connectivity index (χ4n) is 2.55. The lowest BCUT2D eigenvalue weighted by molar-refractivity contribution is -0.132. The van der Waals surface area contributed by atoms with Crippen LogP contribution in [0.1, 0.15) is 32.1 Å². The van der Waals surface area contributed by atoms with Crippen molar-refractivity contribution >= 4 is 12.0 Å². The van der Waals surface area contributed by atoms with Gasteiger partial charge in [0.15, 0.2) is 0 Å². The van der Waals surface area contributed by atoms with Crippen LogP contribution in [0.4, 0.5) is 4.79 Å². The van der Waals surface area contributed by atoms with Gasteiger partial charge in [-0.1, -0.05) is 0 Å². The van der Waals surface area contributed by atoms with Gasteiger partial charge in [0.25, 0.3) is 0 Å². The molecule has 0 aromatic heterocycles. The number of nitrogens with one attached hydrogen (secondary N) is 1. The van der Waals surface area contributed by atoms with Gasteiger partial charge in [-0.25, -0.2) is 4.79 Å². The van der Waals surface area contributed by atoms with Crippen molar-refractivity contribution in [3.05, 3.63) is 0 Å². The van der Waals surface area contributed by atoms with Gasteiger partial charge in [0.05, 0.1) is 13.2 Å². The third-order valence-electron chi connectivity index (χ3n) is 3.90. The molecule has 102 valence electrons. The molecule has 1 saturated carbocycles. The maximum absolute atomic E-state index is 12.1. The van der Waals surface area contributed by atoms with Crippen LogP contribution in [0.5, 0.6) is 0 Å². The van der Waals surface area contributed by atoms with Gasteiger partial charge in [-0.05, 0) is 25.7 Å². The first kappa shape index (κ1) is 13.1. The molecule has 18 heavy (non-hydrogen) atoms. The number of hydrogen-bond acceptors (Lipinski definition) is 4. The zero-order valence-corrected chi connectivity index (χ0v) is 10.8. The number of hydrogen-bond donors (Lipinski definition) is 2. The van der Waals surface area contributed by atoms with Crippen molar-refractivity contribution in [1.82, 2.24) is 10.2 Å². The second-order valence-corrected chi connectivity index (χ2v) is 5.35. The van der Waals surface area contributed by atoms with Crippen molar-refractivity contribution in [2.24, 2.45) is 5.73 Å². The maximum atomic E-state index is 12.1. The lowest BCUT2D eigenvalue weighted by atomic mass is 9.75. The monoisotopic (exact) mass is 255 g/mol. The lowest BCUT2D eigenvalue weighted by Gasteiger charge is -2.38. The molecule has 3 N–H and O–H groups in total. The van der Waals surface area contributed by atoms with Crippen LogP contribution in [-0.2, 0) is 9.53 Å². The van der Waals surface area contributed by atoms with Crippen LogP contribution in [0.15, 0.2) is 0 Å². The molecule has 1 aliphatic heterocycles. The van der Waals surface area contributed by atoms with Gasteiger partial charge in [-0.3, -0.25) is 4.79 Å². The molecule has 0 radical (unpaired) electrons. The van der Waals surface area contributed by atoms with E-state index in [0.717, 1.165) is 25.7 Å². The molecular formula is C12H21N3O3. The van der Waals surface area contributed by atoms with Gasteiger partial charge in [0.2, 0.25) is 5.91 Å². The Hall–Kier alpha value is -1.30. The summed E-state index contributed by atoms with van der Waals surface area (Å²) < 4.78 is 4.54. The van der Waals surface area contributed by atoms with Gasteiger partial charge in [-0.2, -0.15) is 0 Å². The Morgan fingerprint density at radius 2 is 2.22 bits per heavy atom. The number of alkyl carbamates (subject to hydrolysis) is 1. The van der Waals surface area contributed by atoms with Crippen molar-refractivity contribution in [3.63, 3.8) is 0 Å². The first-order valence-corrected chi connectivity index (χ1v) is 6.43. The Morgan fingerprint density at radius 3 is 2.78 bits per heavy atom. The van der Waals surface area contributed by atoms with Gasteiger partial charge >= 0.3 is 6.09 Å². The molecule has 1 aliphatic carbocycles. The highest BCUT2D eigenvalue weighted by Gasteiger charge is 2.37. The fraction of sp³-hybridized carbons (Fsp3) is 0.833. The van der Waals surface area contributed by atoms with Crippen molar-refractivity contribution in [3.8, 4) is 0 Å². The molecule has 2 rings (SSSR count). The molecule has 6 nitrogen and oxygen atoms in total. The minimum atomic E-state index is -0.441. The van der Waals surface area contributed by atoms with E-state index < -0.39 is 6.09 Å². The predicted octanol–water partition coefficient (Wildman–Crippen LogP) is 0.215. The molecule has 0 spiro atoms. The summed E-state index contributed by atoms with van der Waals surface area (Å²) >= 11 is 0. The van der Waals surface area contributed by atoms with E-state index >= 15 is 0 Å². The van der Waals surface area contributed by atoms with Crippen LogP contribution in [0.2, 0.25) is 0 Å². The summed E-state index contributed by atoms with van der Waals surface area (Å²) in [7, 11) is 1.34. The summed E-state index contributed by atoms with van der Waals surface area (Å²) in [5, 5.41) is 2.72. The van der Waals surface area contributed by atoms with Crippen molar-refractivity contribution in [1.29, 1.82) is 0 Å². The second kappa shape index (κ2) is 5.14. The molecule has 1 atom stereocenters. The first-order valence-electron chi connectivity index (χ1n) is 6.43. The number of carbonyl (C=O) groups excluding carboxylic acids is 2. The zero-order valence-electron chi connectivity index (χ0n) is 10.8. The topological polar surface area (TPSA) is 84.7 Å². The lowest BCUT2D eigenvalue weighted by Crippen LogP contribution is -2.50. The van der Waals surface area contributed by atoms with Crippen LogP contribution >= 0.6 is 0 Å². The normalized spacial score (nSPS) is 25.4. The van der Waals surface area contributed by atoms with E-state index in [0.29, 0.717) is 19.5 Å². The van der Waals surface area contributed by atoms with E-state index in [-0.39, 0.29) is 17.5 Å². The Bertz CT molecular complexity index is 341. The Morgan fingerprint density at radius 1 is 1.50 bits per heavy atom. The van der Waals surface area contributed by atoms with Crippen LogP contribution in [0, 0.1) is 0 Å². The van der Waals surface area contributed by atoms with E-state index in [1.807, 2.05) is 0 Å². The molecule has 2 aliphatic rings. The molecule has 1 heterocycles. The zero-order chi connectivity index (χ0) is 13.2. The van der Waals surface area contributed by atoms with Crippen molar-refractivity contribution in [2.45, 2.75) is 43.7 Å². The molecule has 1 saturated heterocycles. The van der Waals surface area contributed by atoms with E-state index in [1.165, 1.54) is 7.11 Å². The van der Waals surface area contributed by atoms with Crippen LogP contribution in [0.25, 0.3) is 0 Å². The number of amides is 2. The van der Waals surface area contributed by atoms with Gasteiger partial charge < -0.3 is 20.7 Å². The molecule has 2 amide bonds. The smallest absolute Gasteiger partial charge is 0.407 e. The van der Waals surface area contributed by atoms with Gasteiger partial charge in [0, 0.05) is 25.0 Å². The average molecular weight is 255 g/mol. The summed E-state index contributed by atoms with van der Waals surface area (Å²) in [6.45, 7) is 1.24. The van der Waals surface area contributed by atoms with E-state index in [1.54, 1.807) is 4.90 Å². The number of ether oxygens (including phenoxy) is 1. The van der Waals surface area contributed by atoms with E-state index in [9.17, 15) is 9.59 Å². The van der Waals surface area contributed by atoms with Crippen LogP contribution < -0.4 is 11.1 Å². The van der Waals surface area contributed by atoms with Crippen molar-refractivity contribution in [2.75, 3.05) is 20.2 Å². The number of nitrogens with zero attached hydrogens (tertiary/aromatic N) is 1. The molecule has 0 bridgehead atoms. The molecule has 0 aromatic rings. The minimum absolute atomic E-state index is 0.00323. The highest BCUT2D eigenvalue weighted by atomic mass is 16.5. The summed E-state index contributed by atoms with van der Waals surface area (Å²) in [5.41, 5.74) is 5.80. The van der Waals surface area contributed by atoms with Gasteiger partial charge in [0.1, 0.15) is 0 Å². The summed E-state index contributed by atoms with van der Waals surface area (Å²) in [5.74, 6) is 0.103. The van der Waals surface area contributed by atoms with Gasteiger partial charge in [-0.15, -0.1) is 0 Å². The number of likely N-dealkylation sites (tertiary alicyclic amines) is 1. The van der Waals surface area contributed by atoms with E-state index in [2.05, 4.69) is 10.1 Å². The highest BCUT2D eigenvalue weighted by molar-refractivity contribution is 5.78. The molecule has 2 fully saturated rings. The third-order valence-corrected chi connectivity index (χ3v) is 3.90. The maximum Gasteiger partial charge on any atom is 0.407 e. The second-order valence-electron chi connectivity index (χ2n) is 5.35. The molecule has 1 unspecified atom stereocenters. The Labute approximate surface area is 107 Å². The standard InChI is InChI=1S/C12H21N3O3/c1-18-11(17)14-9-3-6-15(8-9)10(16)7-12(13)4-2-5-12/h9H,2-8,13H2,1H3,(H,14,17). The quantitative estimate of drug-likeness (QED) is 0.755. The number of nitrogens with two attached hydrogens (primary N) is 1. The van der Waals surface area contributed by atoms with E-state index in [4.69, 9.17) is 5.73 Å². The largest absolute Gasteiger partial charge is 0.453 e. The van der Waals surface area contributed by atoms with Crippen molar-refractivity contribution < 1.29 is 14.3 Å². The summed E-state index contributed by atoms with van der Waals surface area (Å²) in [4.78, 5) is 24.9. The van der Waals surface area contributed by atoms with Crippen LogP contribution in [-0.4, -0.2) is 48.7 Å². The minimum Gasteiger partial charge on any atom is -0.453 e. The molecular weight excluding hydrogens is 234 g/mol. The SMILES string of the molecule is COC(=O)NC1CCN(C(=O)CC2(N)CCC2)C1. The first-order chi connectivity index (χ1) is 8.52. The number of methoxy groups -OCH3 is 1. The third kappa shape index (κ3) is 2.93. The Balaban J connectivity index is 1.77. The predicted molar refractivity (Wildman–Crippen MR) is 65.9 cm³/mol. The summed E-state index contributed by atoms with van der Waals surface area (Å²) in [6, 6.07) is -0.00323.